The molecule has 9 heteroatoms. The Morgan fingerprint density at radius 2 is 1.85 bits per heavy atom. The fourth-order valence-electron chi connectivity index (χ4n) is 3.11. The normalized spacial score (nSPS) is 20.0. The van der Waals surface area contributed by atoms with E-state index in [4.69, 9.17) is 10.5 Å². The Bertz CT molecular complexity index is 791. The minimum atomic E-state index is -0.526. The highest BCUT2D eigenvalue weighted by atomic mass is 16.6. The van der Waals surface area contributed by atoms with Crippen molar-refractivity contribution in [3.8, 4) is 0 Å². The first-order chi connectivity index (χ1) is 12.4. The first kappa shape index (κ1) is 17.9. The van der Waals surface area contributed by atoms with Gasteiger partial charge in [-0.3, -0.25) is 10.1 Å². The summed E-state index contributed by atoms with van der Waals surface area (Å²) >= 11 is 0. The molecule has 1 aromatic heterocycles. The summed E-state index contributed by atoms with van der Waals surface area (Å²) in [6.07, 6.45) is -0.130. The third-order valence-corrected chi connectivity index (χ3v) is 4.23. The molecule has 3 rings (SSSR count). The van der Waals surface area contributed by atoms with E-state index in [1.54, 1.807) is 11.9 Å². The zero-order valence-electron chi connectivity index (χ0n) is 15.0. The molecule has 0 amide bonds. The Hall–Kier alpha value is -2.94. The second kappa shape index (κ2) is 7.12. The molecule has 26 heavy (non-hydrogen) atoms. The number of hydrogen-bond donors (Lipinski definition) is 1. The lowest BCUT2D eigenvalue weighted by Crippen LogP contribution is -2.46. The fourth-order valence-corrected chi connectivity index (χ4v) is 3.11. The molecule has 138 valence electrons. The summed E-state index contributed by atoms with van der Waals surface area (Å²) in [4.78, 5) is 23.3. The second-order valence-corrected chi connectivity index (χ2v) is 6.40. The summed E-state index contributed by atoms with van der Waals surface area (Å²) in [7, 11) is 1.80. The number of rotatable bonds is 4. The molecule has 1 saturated heterocycles. The van der Waals surface area contributed by atoms with Gasteiger partial charge >= 0.3 is 5.69 Å². The SMILES string of the molecule is C[C@@H]1CN(c2nc(N(C)c3ccccc3)nc(N)c2[N+](=O)[O-])C[C@H](C)O1. The van der Waals surface area contributed by atoms with E-state index in [1.807, 2.05) is 49.1 Å². The number of benzene rings is 1. The number of para-hydroxylation sites is 1. The molecule has 0 radical (unpaired) electrons. The van der Waals surface area contributed by atoms with Crippen molar-refractivity contribution in [3.63, 3.8) is 0 Å². The summed E-state index contributed by atoms with van der Waals surface area (Å²) in [6, 6.07) is 9.50. The van der Waals surface area contributed by atoms with Crippen LogP contribution in [-0.2, 0) is 4.74 Å². The van der Waals surface area contributed by atoms with Crippen molar-refractivity contribution in [1.29, 1.82) is 0 Å². The number of ether oxygens (including phenoxy) is 1. The van der Waals surface area contributed by atoms with Crippen molar-refractivity contribution < 1.29 is 9.66 Å². The largest absolute Gasteiger partial charge is 0.378 e. The van der Waals surface area contributed by atoms with Gasteiger partial charge in [0, 0.05) is 25.8 Å². The number of nitrogens with zero attached hydrogens (tertiary/aromatic N) is 5. The van der Waals surface area contributed by atoms with Crippen molar-refractivity contribution in [3.05, 3.63) is 40.4 Å². The van der Waals surface area contributed by atoms with Gasteiger partial charge in [0.2, 0.25) is 17.6 Å². The molecule has 0 aliphatic carbocycles. The van der Waals surface area contributed by atoms with Crippen LogP contribution < -0.4 is 15.5 Å². The van der Waals surface area contributed by atoms with Gasteiger partial charge in [-0.25, -0.2) is 0 Å². The van der Waals surface area contributed by atoms with Crippen LogP contribution in [-0.4, -0.2) is 47.2 Å². The summed E-state index contributed by atoms with van der Waals surface area (Å²) < 4.78 is 5.72. The third-order valence-electron chi connectivity index (χ3n) is 4.23. The minimum Gasteiger partial charge on any atom is -0.378 e. The highest BCUT2D eigenvalue weighted by Gasteiger charge is 2.32. The quantitative estimate of drug-likeness (QED) is 0.655. The van der Waals surface area contributed by atoms with Crippen LogP contribution in [0.25, 0.3) is 0 Å². The average molecular weight is 358 g/mol. The number of hydrogen-bond acceptors (Lipinski definition) is 8. The van der Waals surface area contributed by atoms with Gasteiger partial charge in [-0.15, -0.1) is 0 Å². The summed E-state index contributed by atoms with van der Waals surface area (Å²) in [6.45, 7) is 4.85. The molecule has 0 saturated carbocycles. The van der Waals surface area contributed by atoms with Crippen LogP contribution in [0.1, 0.15) is 13.8 Å². The highest BCUT2D eigenvalue weighted by molar-refractivity contribution is 5.72. The van der Waals surface area contributed by atoms with E-state index < -0.39 is 4.92 Å². The molecule has 1 aliphatic heterocycles. The van der Waals surface area contributed by atoms with Crippen molar-refractivity contribution in [2.24, 2.45) is 0 Å². The zero-order valence-corrected chi connectivity index (χ0v) is 15.0. The molecule has 9 nitrogen and oxygen atoms in total. The third kappa shape index (κ3) is 3.52. The molecular formula is C17H22N6O3. The van der Waals surface area contributed by atoms with E-state index in [0.29, 0.717) is 19.0 Å². The van der Waals surface area contributed by atoms with Crippen molar-refractivity contribution in [2.75, 3.05) is 35.7 Å². The summed E-state index contributed by atoms with van der Waals surface area (Å²) in [5.74, 6) is 0.382. The number of nitrogens with two attached hydrogens (primary N) is 1. The van der Waals surface area contributed by atoms with Crippen LogP contribution in [0.15, 0.2) is 30.3 Å². The number of morpholine rings is 1. The molecule has 0 spiro atoms. The maximum Gasteiger partial charge on any atom is 0.353 e. The Morgan fingerprint density at radius 3 is 2.42 bits per heavy atom. The van der Waals surface area contributed by atoms with Gasteiger partial charge in [-0.2, -0.15) is 9.97 Å². The van der Waals surface area contributed by atoms with Crippen LogP contribution in [0.5, 0.6) is 0 Å². The van der Waals surface area contributed by atoms with Crippen LogP contribution in [0.3, 0.4) is 0 Å². The van der Waals surface area contributed by atoms with Gasteiger partial charge in [0.15, 0.2) is 0 Å². The highest BCUT2D eigenvalue weighted by Crippen LogP contribution is 2.35. The number of aromatic nitrogens is 2. The predicted molar refractivity (Wildman–Crippen MR) is 99.8 cm³/mol. The van der Waals surface area contributed by atoms with E-state index in [-0.39, 0.29) is 29.5 Å². The first-order valence-corrected chi connectivity index (χ1v) is 8.38. The smallest absolute Gasteiger partial charge is 0.353 e. The first-order valence-electron chi connectivity index (χ1n) is 8.38. The topological polar surface area (TPSA) is 111 Å². The molecule has 2 N–H and O–H groups in total. The zero-order chi connectivity index (χ0) is 18.8. The van der Waals surface area contributed by atoms with E-state index in [9.17, 15) is 10.1 Å². The van der Waals surface area contributed by atoms with Gasteiger partial charge in [0.25, 0.3) is 0 Å². The van der Waals surface area contributed by atoms with Crippen molar-refractivity contribution >= 4 is 29.0 Å². The molecular weight excluding hydrogens is 336 g/mol. The number of nitro groups is 1. The fraction of sp³-hybridized carbons (Fsp3) is 0.412. The average Bonchev–Trinajstić information content (AvgIpc) is 2.60. The lowest BCUT2D eigenvalue weighted by Gasteiger charge is -2.36. The van der Waals surface area contributed by atoms with E-state index in [1.165, 1.54) is 0 Å². The van der Waals surface area contributed by atoms with Crippen LogP contribution in [0, 0.1) is 10.1 Å². The lowest BCUT2D eigenvalue weighted by atomic mass is 10.2. The maximum atomic E-state index is 11.6. The monoisotopic (exact) mass is 358 g/mol. The molecule has 0 bridgehead atoms. The molecule has 0 unspecified atom stereocenters. The minimum absolute atomic E-state index is 0.0650. The van der Waals surface area contributed by atoms with Crippen molar-refractivity contribution in [2.45, 2.75) is 26.1 Å². The Morgan fingerprint density at radius 1 is 1.23 bits per heavy atom. The summed E-state index contributed by atoms with van der Waals surface area (Å²) in [5.41, 5.74) is 6.53. The lowest BCUT2D eigenvalue weighted by molar-refractivity contribution is -0.383. The number of nitrogen functional groups attached to an aromatic ring is 1. The Labute approximate surface area is 151 Å². The molecule has 2 atom stereocenters. The number of anilines is 4. The van der Waals surface area contributed by atoms with Gasteiger partial charge < -0.3 is 20.3 Å². The van der Waals surface area contributed by atoms with Gasteiger partial charge in [0.1, 0.15) is 0 Å². The Kier molecular flexibility index (Phi) is 4.90. The predicted octanol–water partition coefficient (Wildman–Crippen LogP) is 2.35. The van der Waals surface area contributed by atoms with E-state index in [2.05, 4.69) is 9.97 Å². The Balaban J connectivity index is 2.06. The van der Waals surface area contributed by atoms with Gasteiger partial charge in [-0.1, -0.05) is 18.2 Å². The van der Waals surface area contributed by atoms with Crippen LogP contribution >= 0.6 is 0 Å². The standard InChI is InChI=1S/C17H22N6O3/c1-11-9-22(10-12(2)26-11)16-14(23(24)25)15(18)19-17(20-16)21(3)13-7-5-4-6-8-13/h4-8,11-12H,9-10H2,1-3H3,(H2,18,19,20)/t11-,12+. The second-order valence-electron chi connectivity index (χ2n) is 6.40. The van der Waals surface area contributed by atoms with Gasteiger partial charge in [-0.05, 0) is 26.0 Å². The molecule has 2 aromatic rings. The van der Waals surface area contributed by atoms with Gasteiger partial charge in [0.05, 0.1) is 17.1 Å². The maximum absolute atomic E-state index is 11.6. The molecule has 2 heterocycles. The van der Waals surface area contributed by atoms with E-state index in [0.717, 1.165) is 5.69 Å². The molecule has 1 fully saturated rings. The molecule has 1 aliphatic rings. The molecule has 1 aromatic carbocycles. The van der Waals surface area contributed by atoms with Crippen LogP contribution in [0.2, 0.25) is 0 Å². The van der Waals surface area contributed by atoms with E-state index >= 15 is 0 Å². The van der Waals surface area contributed by atoms with Crippen molar-refractivity contribution in [1.82, 2.24) is 9.97 Å². The van der Waals surface area contributed by atoms with Crippen LogP contribution in [0.4, 0.5) is 29.0 Å². The summed E-state index contributed by atoms with van der Waals surface area (Å²) in [5, 5.41) is 11.6.